The lowest BCUT2D eigenvalue weighted by molar-refractivity contribution is 0.355. The Hall–Kier alpha value is -3.30. The minimum absolute atomic E-state index is 0.511. The number of hydrogen-bond acceptors (Lipinski definition) is 6. The van der Waals surface area contributed by atoms with Gasteiger partial charge in [0.2, 0.25) is 0 Å². The summed E-state index contributed by atoms with van der Waals surface area (Å²) in [4.78, 5) is 4.62. The number of allylic oxidation sites excluding steroid dienone is 1. The third kappa shape index (κ3) is 4.10. The molecule has 3 aromatic rings. The summed E-state index contributed by atoms with van der Waals surface area (Å²) in [6.45, 7) is 0. The first-order valence-electron chi connectivity index (χ1n) is 8.12. The van der Waals surface area contributed by atoms with Gasteiger partial charge < -0.3 is 14.2 Å². The molecular formula is C21H18N2O3S. The van der Waals surface area contributed by atoms with Gasteiger partial charge in [0.05, 0.1) is 32.6 Å². The van der Waals surface area contributed by atoms with Crippen LogP contribution in [0.1, 0.15) is 10.6 Å². The van der Waals surface area contributed by atoms with Crippen LogP contribution >= 0.6 is 11.3 Å². The number of thiazole rings is 1. The third-order valence-corrected chi connectivity index (χ3v) is 4.84. The zero-order chi connectivity index (χ0) is 19.2. The molecule has 0 aliphatic heterocycles. The summed E-state index contributed by atoms with van der Waals surface area (Å²) < 4.78 is 15.8. The van der Waals surface area contributed by atoms with Crippen LogP contribution in [-0.2, 0) is 0 Å². The molecule has 5 nitrogen and oxygen atoms in total. The first-order valence-corrected chi connectivity index (χ1v) is 9.00. The lowest BCUT2D eigenvalue weighted by Gasteiger charge is -2.08. The molecule has 6 heteroatoms. The molecule has 0 saturated carbocycles. The summed E-state index contributed by atoms with van der Waals surface area (Å²) in [5, 5.41) is 12.2. The fraction of sp³-hybridized carbons (Fsp3) is 0.143. The second-order valence-corrected chi connectivity index (χ2v) is 6.41. The summed E-state index contributed by atoms with van der Waals surface area (Å²) in [5.74, 6) is 2.07. The summed E-state index contributed by atoms with van der Waals surface area (Å²) in [5.41, 5.74) is 3.11. The molecule has 0 fully saturated rings. The quantitative estimate of drug-likeness (QED) is 0.571. The fourth-order valence-electron chi connectivity index (χ4n) is 2.53. The molecule has 0 bridgehead atoms. The standard InChI is InChI=1S/C21H18N2O3S/c1-24-17-7-4-14(5-8-17)10-16(12-22)21-23-18(13-27-21)15-6-9-19(25-2)20(11-15)26-3/h4-11,13H,1-3H3/b16-10+. The van der Waals surface area contributed by atoms with Gasteiger partial charge in [0.1, 0.15) is 16.8 Å². The highest BCUT2D eigenvalue weighted by atomic mass is 32.1. The van der Waals surface area contributed by atoms with E-state index in [1.165, 1.54) is 11.3 Å². The topological polar surface area (TPSA) is 64.4 Å². The van der Waals surface area contributed by atoms with Gasteiger partial charge in [-0.3, -0.25) is 0 Å². The molecule has 0 radical (unpaired) electrons. The first-order chi connectivity index (χ1) is 13.2. The van der Waals surface area contributed by atoms with Crippen molar-refractivity contribution in [3.8, 4) is 34.6 Å². The van der Waals surface area contributed by atoms with Crippen LogP contribution in [0.5, 0.6) is 17.2 Å². The second kappa shape index (κ2) is 8.39. The van der Waals surface area contributed by atoms with Crippen LogP contribution in [0.15, 0.2) is 47.8 Å². The van der Waals surface area contributed by atoms with E-state index in [1.54, 1.807) is 21.3 Å². The number of nitrogens with zero attached hydrogens (tertiary/aromatic N) is 2. The van der Waals surface area contributed by atoms with E-state index in [2.05, 4.69) is 11.1 Å². The van der Waals surface area contributed by atoms with Crippen LogP contribution in [0.2, 0.25) is 0 Å². The van der Waals surface area contributed by atoms with Crippen LogP contribution in [-0.4, -0.2) is 26.3 Å². The average Bonchev–Trinajstić information content (AvgIpc) is 3.21. The fourth-order valence-corrected chi connectivity index (χ4v) is 3.33. The molecule has 27 heavy (non-hydrogen) atoms. The van der Waals surface area contributed by atoms with Crippen LogP contribution in [0.3, 0.4) is 0 Å². The van der Waals surface area contributed by atoms with E-state index >= 15 is 0 Å². The van der Waals surface area contributed by atoms with Crippen LogP contribution in [0, 0.1) is 11.3 Å². The lowest BCUT2D eigenvalue weighted by Crippen LogP contribution is -1.91. The summed E-state index contributed by atoms with van der Waals surface area (Å²) in [7, 11) is 4.82. The largest absolute Gasteiger partial charge is 0.497 e. The zero-order valence-electron chi connectivity index (χ0n) is 15.2. The van der Waals surface area contributed by atoms with Crippen molar-refractivity contribution in [1.29, 1.82) is 5.26 Å². The van der Waals surface area contributed by atoms with E-state index in [4.69, 9.17) is 14.2 Å². The summed E-state index contributed by atoms with van der Waals surface area (Å²) in [6, 6.07) is 15.4. The molecule has 2 aromatic carbocycles. The maximum atomic E-state index is 9.56. The van der Waals surface area contributed by atoms with Gasteiger partial charge in [-0.25, -0.2) is 4.98 Å². The second-order valence-electron chi connectivity index (χ2n) is 5.55. The number of benzene rings is 2. The van der Waals surface area contributed by atoms with Gasteiger partial charge >= 0.3 is 0 Å². The normalized spacial score (nSPS) is 11.0. The lowest BCUT2D eigenvalue weighted by atomic mass is 10.1. The SMILES string of the molecule is COc1ccc(/C=C(\C#N)c2nc(-c3ccc(OC)c(OC)c3)cs2)cc1. The molecule has 1 aromatic heterocycles. The average molecular weight is 378 g/mol. The number of aromatic nitrogens is 1. The molecule has 3 rings (SSSR count). The molecule has 0 aliphatic carbocycles. The molecule has 0 aliphatic rings. The van der Waals surface area contributed by atoms with Crippen molar-refractivity contribution >= 4 is 23.0 Å². The maximum absolute atomic E-state index is 9.56. The van der Waals surface area contributed by atoms with Gasteiger partial charge in [-0.2, -0.15) is 5.26 Å². The van der Waals surface area contributed by atoms with Crippen molar-refractivity contribution in [2.24, 2.45) is 0 Å². The Kier molecular flexibility index (Phi) is 5.74. The highest BCUT2D eigenvalue weighted by molar-refractivity contribution is 7.11. The van der Waals surface area contributed by atoms with Gasteiger partial charge in [0.25, 0.3) is 0 Å². The van der Waals surface area contributed by atoms with Crippen molar-refractivity contribution in [1.82, 2.24) is 4.98 Å². The van der Waals surface area contributed by atoms with Crippen LogP contribution in [0.4, 0.5) is 0 Å². The van der Waals surface area contributed by atoms with Crippen LogP contribution in [0.25, 0.3) is 22.9 Å². The molecule has 0 N–H and O–H groups in total. The summed E-state index contributed by atoms with van der Waals surface area (Å²) >= 11 is 1.43. The number of hydrogen-bond donors (Lipinski definition) is 0. The number of ether oxygens (including phenoxy) is 3. The predicted octanol–water partition coefficient (Wildman–Crippen LogP) is 4.90. The third-order valence-electron chi connectivity index (χ3n) is 3.96. The Balaban J connectivity index is 1.91. The molecule has 0 atom stereocenters. The molecule has 1 heterocycles. The van der Waals surface area contributed by atoms with E-state index in [0.29, 0.717) is 22.1 Å². The molecule has 136 valence electrons. The van der Waals surface area contributed by atoms with Gasteiger partial charge in [-0.1, -0.05) is 12.1 Å². The monoisotopic (exact) mass is 378 g/mol. The van der Waals surface area contributed by atoms with Crippen molar-refractivity contribution < 1.29 is 14.2 Å². The zero-order valence-corrected chi connectivity index (χ0v) is 16.0. The number of rotatable bonds is 6. The Bertz CT molecular complexity index is 1000. The number of methoxy groups -OCH3 is 3. The highest BCUT2D eigenvalue weighted by Crippen LogP contribution is 2.34. The molecular weight excluding hydrogens is 360 g/mol. The molecule has 0 unspecified atom stereocenters. The van der Waals surface area contributed by atoms with E-state index < -0.39 is 0 Å². The minimum Gasteiger partial charge on any atom is -0.497 e. The molecule has 0 spiro atoms. The van der Waals surface area contributed by atoms with E-state index in [0.717, 1.165) is 22.6 Å². The van der Waals surface area contributed by atoms with Gasteiger partial charge in [0.15, 0.2) is 11.5 Å². The number of nitriles is 1. The van der Waals surface area contributed by atoms with Gasteiger partial charge in [-0.15, -0.1) is 11.3 Å². The van der Waals surface area contributed by atoms with Crippen molar-refractivity contribution in [2.75, 3.05) is 21.3 Å². The molecule has 0 amide bonds. The Morgan fingerprint density at radius 2 is 1.74 bits per heavy atom. The van der Waals surface area contributed by atoms with Crippen LogP contribution < -0.4 is 14.2 Å². The van der Waals surface area contributed by atoms with Gasteiger partial charge in [0, 0.05) is 10.9 Å². The van der Waals surface area contributed by atoms with Crippen molar-refractivity contribution in [3.63, 3.8) is 0 Å². The first kappa shape index (κ1) is 18.5. The predicted molar refractivity (Wildman–Crippen MR) is 107 cm³/mol. The smallest absolute Gasteiger partial charge is 0.161 e. The Morgan fingerprint density at radius 1 is 1.00 bits per heavy atom. The highest BCUT2D eigenvalue weighted by Gasteiger charge is 2.12. The van der Waals surface area contributed by atoms with E-state index in [9.17, 15) is 5.26 Å². The Morgan fingerprint density at radius 3 is 2.37 bits per heavy atom. The summed E-state index contributed by atoms with van der Waals surface area (Å²) in [6.07, 6.45) is 1.82. The minimum atomic E-state index is 0.511. The van der Waals surface area contributed by atoms with E-state index in [1.807, 2.05) is 53.9 Å². The Labute approximate surface area is 162 Å². The van der Waals surface area contributed by atoms with E-state index in [-0.39, 0.29) is 0 Å². The van der Waals surface area contributed by atoms with Crippen molar-refractivity contribution in [2.45, 2.75) is 0 Å². The maximum Gasteiger partial charge on any atom is 0.161 e. The molecule has 0 saturated heterocycles. The van der Waals surface area contributed by atoms with Crippen molar-refractivity contribution in [3.05, 3.63) is 58.4 Å². The van der Waals surface area contributed by atoms with Gasteiger partial charge in [-0.05, 0) is 42.0 Å².